The number of hydrogen-bond donors (Lipinski definition) is 3. The van der Waals surface area contributed by atoms with Crippen LogP contribution in [0.3, 0.4) is 0 Å². The third-order valence-corrected chi connectivity index (χ3v) is 2.59. The molecule has 3 N–H and O–H groups in total. The van der Waals surface area contributed by atoms with Crippen molar-refractivity contribution >= 4 is 0 Å². The van der Waals surface area contributed by atoms with Crippen LogP contribution in [0, 0.1) is 5.82 Å². The third-order valence-electron chi connectivity index (χ3n) is 2.59. The van der Waals surface area contributed by atoms with Crippen molar-refractivity contribution in [3.8, 4) is 5.75 Å². The summed E-state index contributed by atoms with van der Waals surface area (Å²) >= 11 is 0. The van der Waals surface area contributed by atoms with Crippen molar-refractivity contribution in [2.24, 2.45) is 0 Å². The first-order chi connectivity index (χ1) is 8.16. The molecule has 1 aromatic carbocycles. The molecule has 2 rings (SSSR count). The molecule has 0 radical (unpaired) electrons. The Balaban J connectivity index is 2.01. The van der Waals surface area contributed by atoms with Crippen LogP contribution >= 0.6 is 0 Å². The molecule has 0 aliphatic rings. The van der Waals surface area contributed by atoms with Crippen LogP contribution in [0.5, 0.6) is 5.75 Å². The molecule has 0 amide bonds. The Morgan fingerprint density at radius 1 is 1.53 bits per heavy atom. The van der Waals surface area contributed by atoms with Gasteiger partial charge in [-0.15, -0.1) is 0 Å². The molecule has 0 bridgehead atoms. The number of aromatic nitrogens is 2. The maximum absolute atomic E-state index is 12.8. The fraction of sp³-hybridized carbons (Fsp3) is 0.250. The van der Waals surface area contributed by atoms with Crippen LogP contribution in [0.1, 0.15) is 24.4 Å². The summed E-state index contributed by atoms with van der Waals surface area (Å²) in [5, 5.41) is 12.8. The smallest absolute Gasteiger partial charge is 0.126 e. The molecule has 90 valence electrons. The molecule has 0 spiro atoms. The van der Waals surface area contributed by atoms with E-state index in [0.29, 0.717) is 12.1 Å². The number of nitrogens with zero attached hydrogens (tertiary/aromatic N) is 1. The van der Waals surface area contributed by atoms with Crippen LogP contribution in [0.2, 0.25) is 0 Å². The third kappa shape index (κ3) is 2.82. The van der Waals surface area contributed by atoms with Gasteiger partial charge >= 0.3 is 0 Å². The molecule has 4 nitrogen and oxygen atoms in total. The normalized spacial score (nSPS) is 12.6. The van der Waals surface area contributed by atoms with Gasteiger partial charge in [-0.25, -0.2) is 9.37 Å². The number of rotatable bonds is 4. The number of phenols is 1. The van der Waals surface area contributed by atoms with Crippen LogP contribution in [-0.2, 0) is 6.54 Å². The largest absolute Gasteiger partial charge is 0.508 e. The number of aromatic hydroxyl groups is 1. The molecule has 0 saturated carbocycles. The molecule has 0 saturated heterocycles. The van der Waals surface area contributed by atoms with E-state index in [1.807, 2.05) is 6.92 Å². The fourth-order valence-electron chi connectivity index (χ4n) is 1.64. The number of halogens is 1. The quantitative estimate of drug-likeness (QED) is 0.760. The Morgan fingerprint density at radius 2 is 2.35 bits per heavy atom. The van der Waals surface area contributed by atoms with Gasteiger partial charge in [-0.05, 0) is 13.0 Å². The SMILES string of the molecule is CC(NCc1ncc[nH]1)c1ccc(F)cc1O. The second-order valence-electron chi connectivity index (χ2n) is 3.84. The van der Waals surface area contributed by atoms with Gasteiger partial charge in [0.05, 0.1) is 6.54 Å². The average Bonchev–Trinajstić information content (AvgIpc) is 2.78. The highest BCUT2D eigenvalue weighted by atomic mass is 19.1. The zero-order valence-electron chi connectivity index (χ0n) is 9.44. The van der Waals surface area contributed by atoms with Crippen LogP contribution in [-0.4, -0.2) is 15.1 Å². The maximum Gasteiger partial charge on any atom is 0.126 e. The topological polar surface area (TPSA) is 60.9 Å². The lowest BCUT2D eigenvalue weighted by Gasteiger charge is -2.14. The van der Waals surface area contributed by atoms with Gasteiger partial charge in [0, 0.05) is 30.1 Å². The minimum atomic E-state index is -0.440. The summed E-state index contributed by atoms with van der Waals surface area (Å²) in [5.74, 6) is 0.340. The molecule has 1 atom stereocenters. The molecule has 17 heavy (non-hydrogen) atoms. The Kier molecular flexibility index (Phi) is 3.39. The first-order valence-corrected chi connectivity index (χ1v) is 5.37. The second-order valence-corrected chi connectivity index (χ2v) is 3.84. The predicted molar refractivity (Wildman–Crippen MR) is 61.9 cm³/mol. The van der Waals surface area contributed by atoms with Gasteiger partial charge < -0.3 is 15.4 Å². The number of phenolic OH excluding ortho intramolecular Hbond substituents is 1. The van der Waals surface area contributed by atoms with E-state index in [1.165, 1.54) is 6.07 Å². The van der Waals surface area contributed by atoms with E-state index < -0.39 is 5.82 Å². The van der Waals surface area contributed by atoms with E-state index in [0.717, 1.165) is 11.9 Å². The second kappa shape index (κ2) is 4.97. The van der Waals surface area contributed by atoms with Gasteiger partial charge in [-0.2, -0.15) is 0 Å². The van der Waals surface area contributed by atoms with Crippen molar-refractivity contribution < 1.29 is 9.50 Å². The first-order valence-electron chi connectivity index (χ1n) is 5.37. The molecule has 1 unspecified atom stereocenters. The maximum atomic E-state index is 12.8. The molecule has 2 aromatic rings. The van der Waals surface area contributed by atoms with Crippen molar-refractivity contribution in [2.75, 3.05) is 0 Å². The van der Waals surface area contributed by atoms with Gasteiger partial charge in [-0.1, -0.05) is 6.07 Å². The fourth-order valence-corrected chi connectivity index (χ4v) is 1.64. The summed E-state index contributed by atoms with van der Waals surface area (Å²) in [6.45, 7) is 2.46. The summed E-state index contributed by atoms with van der Waals surface area (Å²) in [4.78, 5) is 7.05. The van der Waals surface area contributed by atoms with Crippen LogP contribution < -0.4 is 5.32 Å². The Bertz CT molecular complexity index is 485. The predicted octanol–water partition coefficient (Wildman–Crippen LogP) is 2.11. The van der Waals surface area contributed by atoms with E-state index in [-0.39, 0.29) is 11.8 Å². The van der Waals surface area contributed by atoms with Crippen molar-refractivity contribution in [1.29, 1.82) is 0 Å². The van der Waals surface area contributed by atoms with E-state index in [4.69, 9.17) is 0 Å². The molecule has 1 aromatic heterocycles. The van der Waals surface area contributed by atoms with Gasteiger partial charge in [-0.3, -0.25) is 0 Å². The number of benzene rings is 1. The molecule has 0 aliphatic heterocycles. The molecule has 0 aliphatic carbocycles. The molecule has 5 heteroatoms. The van der Waals surface area contributed by atoms with E-state index in [2.05, 4.69) is 15.3 Å². The number of aromatic amines is 1. The van der Waals surface area contributed by atoms with Gasteiger partial charge in [0.2, 0.25) is 0 Å². The number of hydrogen-bond acceptors (Lipinski definition) is 3. The van der Waals surface area contributed by atoms with E-state index >= 15 is 0 Å². The van der Waals surface area contributed by atoms with Crippen molar-refractivity contribution in [1.82, 2.24) is 15.3 Å². The first kappa shape index (κ1) is 11.6. The standard InChI is InChI=1S/C12H14FN3O/c1-8(16-7-12-14-4-5-15-12)10-3-2-9(13)6-11(10)17/h2-6,8,16-17H,7H2,1H3,(H,14,15). The highest BCUT2D eigenvalue weighted by molar-refractivity contribution is 5.34. The summed E-state index contributed by atoms with van der Waals surface area (Å²) < 4.78 is 12.8. The highest BCUT2D eigenvalue weighted by Gasteiger charge is 2.10. The minimum Gasteiger partial charge on any atom is -0.508 e. The minimum absolute atomic E-state index is 0.0376. The number of imidazole rings is 1. The monoisotopic (exact) mass is 235 g/mol. The zero-order chi connectivity index (χ0) is 12.3. The molecule has 0 fully saturated rings. The van der Waals surface area contributed by atoms with Gasteiger partial charge in [0.15, 0.2) is 0 Å². The summed E-state index contributed by atoms with van der Waals surface area (Å²) in [7, 11) is 0. The summed E-state index contributed by atoms with van der Waals surface area (Å²) in [6, 6.07) is 3.94. The molecule has 1 heterocycles. The lowest BCUT2D eigenvalue weighted by molar-refractivity contribution is 0.445. The summed E-state index contributed by atoms with van der Waals surface area (Å²) in [5.41, 5.74) is 0.665. The van der Waals surface area contributed by atoms with Crippen LogP contribution in [0.25, 0.3) is 0 Å². The van der Waals surface area contributed by atoms with Crippen LogP contribution in [0.4, 0.5) is 4.39 Å². The van der Waals surface area contributed by atoms with Crippen molar-refractivity contribution in [2.45, 2.75) is 19.5 Å². The zero-order valence-corrected chi connectivity index (χ0v) is 9.44. The van der Waals surface area contributed by atoms with Gasteiger partial charge in [0.25, 0.3) is 0 Å². The Labute approximate surface area is 98.5 Å². The number of H-pyrrole nitrogens is 1. The summed E-state index contributed by atoms with van der Waals surface area (Å²) in [6.07, 6.45) is 3.42. The van der Waals surface area contributed by atoms with Crippen molar-refractivity contribution in [3.05, 3.63) is 47.8 Å². The highest BCUT2D eigenvalue weighted by Crippen LogP contribution is 2.24. The van der Waals surface area contributed by atoms with Crippen molar-refractivity contribution in [3.63, 3.8) is 0 Å². The van der Waals surface area contributed by atoms with E-state index in [1.54, 1.807) is 18.5 Å². The Hall–Kier alpha value is -1.88. The lowest BCUT2D eigenvalue weighted by atomic mass is 10.1. The Morgan fingerprint density at radius 3 is 3.00 bits per heavy atom. The van der Waals surface area contributed by atoms with Crippen LogP contribution in [0.15, 0.2) is 30.6 Å². The molecular weight excluding hydrogens is 221 g/mol. The lowest BCUT2D eigenvalue weighted by Crippen LogP contribution is -2.19. The van der Waals surface area contributed by atoms with E-state index in [9.17, 15) is 9.50 Å². The van der Waals surface area contributed by atoms with Gasteiger partial charge in [0.1, 0.15) is 17.4 Å². The average molecular weight is 235 g/mol. The number of nitrogens with one attached hydrogen (secondary N) is 2. The molecular formula is C12H14FN3O.